The Morgan fingerprint density at radius 3 is 2.68 bits per heavy atom. The van der Waals surface area contributed by atoms with Crippen LogP contribution < -0.4 is 10.1 Å². The van der Waals surface area contributed by atoms with E-state index in [1.165, 1.54) is 24.2 Å². The van der Waals surface area contributed by atoms with Gasteiger partial charge >= 0.3 is 0 Å². The first-order valence-electron chi connectivity index (χ1n) is 9.09. The number of para-hydroxylation sites is 1. The van der Waals surface area contributed by atoms with Crippen LogP contribution in [0.3, 0.4) is 0 Å². The highest BCUT2D eigenvalue weighted by Crippen LogP contribution is 2.21. The van der Waals surface area contributed by atoms with Gasteiger partial charge in [-0.3, -0.25) is 4.79 Å². The first-order valence-corrected chi connectivity index (χ1v) is 9.90. The molecule has 1 aromatic heterocycles. The molecular formula is C20H28N2O2S. The molecule has 0 aliphatic heterocycles. The SMILES string of the molecule is CCCCCC(CC)NC(=O)c1sc(COc2ccccc2)nc1C. The number of ether oxygens (including phenoxy) is 1. The van der Waals surface area contributed by atoms with Crippen molar-refractivity contribution in [3.8, 4) is 5.75 Å². The van der Waals surface area contributed by atoms with E-state index < -0.39 is 0 Å². The van der Waals surface area contributed by atoms with E-state index in [4.69, 9.17) is 4.74 Å². The maximum atomic E-state index is 12.6. The second kappa shape index (κ2) is 10.2. The summed E-state index contributed by atoms with van der Waals surface area (Å²) in [5.74, 6) is 0.799. The van der Waals surface area contributed by atoms with Gasteiger partial charge in [0.1, 0.15) is 22.2 Å². The molecular weight excluding hydrogens is 332 g/mol. The Morgan fingerprint density at radius 1 is 1.24 bits per heavy atom. The molecule has 1 heterocycles. The van der Waals surface area contributed by atoms with Crippen molar-refractivity contribution in [1.82, 2.24) is 10.3 Å². The van der Waals surface area contributed by atoms with Gasteiger partial charge in [-0.1, -0.05) is 51.3 Å². The Balaban J connectivity index is 1.92. The first-order chi connectivity index (χ1) is 12.1. The lowest BCUT2D eigenvalue weighted by atomic mass is 10.1. The van der Waals surface area contributed by atoms with Crippen LogP contribution >= 0.6 is 11.3 Å². The Bertz CT molecular complexity index is 655. The van der Waals surface area contributed by atoms with Gasteiger partial charge in [-0.05, 0) is 31.9 Å². The molecule has 1 unspecified atom stereocenters. The summed E-state index contributed by atoms with van der Waals surface area (Å²) in [4.78, 5) is 17.8. The molecule has 1 amide bonds. The highest BCUT2D eigenvalue weighted by Gasteiger charge is 2.18. The molecule has 2 rings (SSSR count). The molecule has 1 N–H and O–H groups in total. The quantitative estimate of drug-likeness (QED) is 0.598. The van der Waals surface area contributed by atoms with Gasteiger partial charge in [0.15, 0.2) is 0 Å². The zero-order chi connectivity index (χ0) is 18.1. The molecule has 0 fully saturated rings. The van der Waals surface area contributed by atoms with Gasteiger partial charge in [-0.2, -0.15) is 0 Å². The number of nitrogens with zero attached hydrogens (tertiary/aromatic N) is 1. The highest BCUT2D eigenvalue weighted by atomic mass is 32.1. The summed E-state index contributed by atoms with van der Waals surface area (Å²) in [6.45, 7) is 6.58. The lowest BCUT2D eigenvalue weighted by Gasteiger charge is -2.16. The van der Waals surface area contributed by atoms with Gasteiger partial charge in [-0.15, -0.1) is 11.3 Å². The topological polar surface area (TPSA) is 51.2 Å². The van der Waals surface area contributed by atoms with E-state index in [0.717, 1.165) is 35.7 Å². The van der Waals surface area contributed by atoms with Crippen LogP contribution in [0.15, 0.2) is 30.3 Å². The molecule has 4 nitrogen and oxygen atoms in total. The van der Waals surface area contributed by atoms with E-state index in [9.17, 15) is 4.79 Å². The van der Waals surface area contributed by atoms with Crippen molar-refractivity contribution >= 4 is 17.2 Å². The van der Waals surface area contributed by atoms with Crippen molar-refractivity contribution in [1.29, 1.82) is 0 Å². The number of benzene rings is 1. The minimum absolute atomic E-state index is 0.00990. The van der Waals surface area contributed by atoms with E-state index in [-0.39, 0.29) is 11.9 Å². The smallest absolute Gasteiger partial charge is 0.263 e. The van der Waals surface area contributed by atoms with Crippen LogP contribution in [0.1, 0.15) is 66.3 Å². The number of rotatable bonds is 10. The zero-order valence-electron chi connectivity index (χ0n) is 15.4. The standard InChI is InChI=1S/C20H28N2O2S/c1-4-6-8-11-16(5-2)22-20(23)19-15(3)21-18(25-19)14-24-17-12-9-7-10-13-17/h7,9-10,12-13,16H,4-6,8,11,14H2,1-3H3,(H,22,23). The minimum atomic E-state index is -0.00990. The molecule has 0 saturated carbocycles. The second-order valence-corrected chi connectivity index (χ2v) is 7.28. The van der Waals surface area contributed by atoms with Gasteiger partial charge in [0.2, 0.25) is 0 Å². The lowest BCUT2D eigenvalue weighted by Crippen LogP contribution is -2.34. The number of amides is 1. The number of nitrogens with one attached hydrogen (secondary N) is 1. The number of hydrogen-bond acceptors (Lipinski definition) is 4. The summed E-state index contributed by atoms with van der Waals surface area (Å²) in [7, 11) is 0. The number of carbonyl (C=O) groups excluding carboxylic acids is 1. The predicted molar refractivity (Wildman–Crippen MR) is 103 cm³/mol. The number of thiazole rings is 1. The van der Waals surface area contributed by atoms with Gasteiger partial charge in [0, 0.05) is 6.04 Å². The van der Waals surface area contributed by atoms with E-state index in [1.807, 2.05) is 37.3 Å². The van der Waals surface area contributed by atoms with E-state index in [0.29, 0.717) is 11.5 Å². The maximum Gasteiger partial charge on any atom is 0.263 e. The number of carbonyl (C=O) groups is 1. The summed E-state index contributed by atoms with van der Waals surface area (Å²) in [6.07, 6.45) is 5.57. The maximum absolute atomic E-state index is 12.6. The van der Waals surface area contributed by atoms with Gasteiger partial charge in [0.25, 0.3) is 5.91 Å². The van der Waals surface area contributed by atoms with Gasteiger partial charge in [-0.25, -0.2) is 4.98 Å². The summed E-state index contributed by atoms with van der Waals surface area (Å²) >= 11 is 1.42. The van der Waals surface area contributed by atoms with Crippen molar-refractivity contribution in [2.75, 3.05) is 0 Å². The van der Waals surface area contributed by atoms with Gasteiger partial charge < -0.3 is 10.1 Å². The molecule has 0 spiro atoms. The average Bonchev–Trinajstić information content (AvgIpc) is 3.01. The Morgan fingerprint density at radius 2 is 2.00 bits per heavy atom. The van der Waals surface area contributed by atoms with Gasteiger partial charge in [0.05, 0.1) is 5.69 Å². The minimum Gasteiger partial charge on any atom is -0.486 e. The molecule has 0 saturated heterocycles. The fraction of sp³-hybridized carbons (Fsp3) is 0.500. The fourth-order valence-corrected chi connectivity index (χ4v) is 3.54. The third kappa shape index (κ3) is 6.16. The second-order valence-electron chi connectivity index (χ2n) is 6.20. The molecule has 0 bridgehead atoms. The van der Waals surface area contributed by atoms with Crippen LogP contribution in [-0.4, -0.2) is 16.9 Å². The summed E-state index contributed by atoms with van der Waals surface area (Å²) in [5, 5.41) is 3.99. The van der Waals surface area contributed by atoms with Crippen LogP contribution in [0.5, 0.6) is 5.75 Å². The number of aromatic nitrogens is 1. The predicted octanol–water partition coefficient (Wildman–Crippen LogP) is 5.12. The molecule has 136 valence electrons. The zero-order valence-corrected chi connectivity index (χ0v) is 16.2. The number of hydrogen-bond donors (Lipinski definition) is 1. The van der Waals surface area contributed by atoms with Crippen LogP contribution in [0.4, 0.5) is 0 Å². The lowest BCUT2D eigenvalue weighted by molar-refractivity contribution is 0.0936. The van der Waals surface area contributed by atoms with Crippen molar-refractivity contribution in [3.05, 3.63) is 45.9 Å². The molecule has 1 aromatic carbocycles. The van der Waals surface area contributed by atoms with E-state index >= 15 is 0 Å². The molecule has 5 heteroatoms. The molecule has 0 aliphatic rings. The average molecular weight is 361 g/mol. The normalized spacial score (nSPS) is 12.0. The van der Waals surface area contributed by atoms with Crippen LogP contribution in [0, 0.1) is 6.92 Å². The highest BCUT2D eigenvalue weighted by molar-refractivity contribution is 7.13. The Kier molecular flexibility index (Phi) is 7.92. The summed E-state index contributed by atoms with van der Waals surface area (Å²) in [5.41, 5.74) is 0.776. The van der Waals surface area contributed by atoms with Crippen LogP contribution in [0.2, 0.25) is 0 Å². The molecule has 1 atom stereocenters. The van der Waals surface area contributed by atoms with Crippen molar-refractivity contribution in [3.63, 3.8) is 0 Å². The number of unbranched alkanes of at least 4 members (excludes halogenated alkanes) is 2. The van der Waals surface area contributed by atoms with E-state index in [2.05, 4.69) is 24.1 Å². The molecule has 0 aliphatic carbocycles. The van der Waals surface area contributed by atoms with Crippen molar-refractivity contribution in [2.45, 2.75) is 65.5 Å². The summed E-state index contributed by atoms with van der Waals surface area (Å²) < 4.78 is 5.72. The largest absolute Gasteiger partial charge is 0.486 e. The Hall–Kier alpha value is -1.88. The molecule has 0 radical (unpaired) electrons. The summed E-state index contributed by atoms with van der Waals surface area (Å²) in [6, 6.07) is 9.89. The number of aryl methyl sites for hydroxylation is 1. The third-order valence-electron chi connectivity index (χ3n) is 4.14. The van der Waals surface area contributed by atoms with Crippen LogP contribution in [-0.2, 0) is 6.61 Å². The molecule has 2 aromatic rings. The van der Waals surface area contributed by atoms with Crippen molar-refractivity contribution < 1.29 is 9.53 Å². The Labute approximate surface area is 154 Å². The van der Waals surface area contributed by atoms with Crippen molar-refractivity contribution in [2.24, 2.45) is 0 Å². The third-order valence-corrected chi connectivity index (χ3v) is 5.27. The molecule has 25 heavy (non-hydrogen) atoms. The van der Waals surface area contributed by atoms with Crippen LogP contribution in [0.25, 0.3) is 0 Å². The monoisotopic (exact) mass is 360 g/mol. The fourth-order valence-electron chi connectivity index (χ4n) is 2.66. The van der Waals surface area contributed by atoms with E-state index in [1.54, 1.807) is 0 Å². The first kappa shape index (κ1) is 19.4.